The summed E-state index contributed by atoms with van der Waals surface area (Å²) in [5, 5.41) is 10.1. The Morgan fingerprint density at radius 2 is 2.00 bits per heavy atom. The molecule has 0 spiro atoms. The van der Waals surface area contributed by atoms with Gasteiger partial charge in [0.1, 0.15) is 0 Å². The fourth-order valence-electron chi connectivity index (χ4n) is 2.44. The predicted octanol–water partition coefficient (Wildman–Crippen LogP) is 3.40. The van der Waals surface area contributed by atoms with E-state index < -0.39 is 0 Å². The Morgan fingerprint density at radius 3 is 2.60 bits per heavy atom. The minimum absolute atomic E-state index is 0.101. The molecule has 0 aliphatic heterocycles. The SMILES string of the molecule is CCc1ccc(CC(O)C2CCCC2)s1. The standard InChI is InChI=1S/C13H20OS/c1-2-11-7-8-12(15-11)9-13(14)10-5-3-4-6-10/h7-8,10,13-14H,2-6,9H2,1H3. The lowest BCUT2D eigenvalue weighted by Crippen LogP contribution is -2.19. The Kier molecular flexibility index (Phi) is 3.81. The highest BCUT2D eigenvalue weighted by Crippen LogP contribution is 2.30. The van der Waals surface area contributed by atoms with E-state index in [2.05, 4.69) is 19.1 Å². The predicted molar refractivity (Wildman–Crippen MR) is 65.4 cm³/mol. The molecule has 0 bridgehead atoms. The van der Waals surface area contributed by atoms with Gasteiger partial charge in [0, 0.05) is 16.2 Å². The maximum Gasteiger partial charge on any atom is 0.0616 e. The van der Waals surface area contributed by atoms with Gasteiger partial charge in [-0.2, -0.15) is 0 Å². The summed E-state index contributed by atoms with van der Waals surface area (Å²) >= 11 is 1.86. The molecule has 15 heavy (non-hydrogen) atoms. The van der Waals surface area contributed by atoms with Crippen molar-refractivity contribution in [1.29, 1.82) is 0 Å². The fraction of sp³-hybridized carbons (Fsp3) is 0.692. The molecule has 1 fully saturated rings. The molecule has 1 aromatic heterocycles. The average molecular weight is 224 g/mol. The second kappa shape index (κ2) is 5.13. The fourth-order valence-corrected chi connectivity index (χ4v) is 3.44. The Hall–Kier alpha value is -0.340. The van der Waals surface area contributed by atoms with Crippen LogP contribution in [0.15, 0.2) is 12.1 Å². The summed E-state index contributed by atoms with van der Waals surface area (Å²) in [6.07, 6.45) is 6.97. The van der Waals surface area contributed by atoms with Gasteiger partial charge < -0.3 is 5.11 Å². The monoisotopic (exact) mass is 224 g/mol. The first kappa shape index (κ1) is 11.2. The van der Waals surface area contributed by atoms with E-state index in [1.807, 2.05) is 11.3 Å². The van der Waals surface area contributed by atoms with Crippen molar-refractivity contribution in [1.82, 2.24) is 0 Å². The quantitative estimate of drug-likeness (QED) is 0.831. The van der Waals surface area contributed by atoms with Crippen molar-refractivity contribution in [2.75, 3.05) is 0 Å². The lowest BCUT2D eigenvalue weighted by molar-refractivity contribution is 0.112. The molecule has 1 aliphatic carbocycles. The number of rotatable bonds is 4. The maximum absolute atomic E-state index is 10.1. The van der Waals surface area contributed by atoms with Crippen LogP contribution in [-0.4, -0.2) is 11.2 Å². The van der Waals surface area contributed by atoms with Gasteiger partial charge in [0.25, 0.3) is 0 Å². The number of hydrogen-bond acceptors (Lipinski definition) is 2. The summed E-state index contributed by atoms with van der Waals surface area (Å²) in [6.45, 7) is 2.18. The van der Waals surface area contributed by atoms with Crippen molar-refractivity contribution in [2.45, 2.75) is 51.6 Å². The molecule has 84 valence electrons. The molecule has 1 heterocycles. The Morgan fingerprint density at radius 1 is 1.33 bits per heavy atom. The lowest BCUT2D eigenvalue weighted by atomic mass is 9.98. The van der Waals surface area contributed by atoms with Crippen LogP contribution in [0.25, 0.3) is 0 Å². The zero-order valence-electron chi connectivity index (χ0n) is 9.41. The Balaban J connectivity index is 1.89. The summed E-state index contributed by atoms with van der Waals surface area (Å²) in [7, 11) is 0. The van der Waals surface area contributed by atoms with Gasteiger partial charge in [0.15, 0.2) is 0 Å². The molecule has 0 saturated heterocycles. The maximum atomic E-state index is 10.1. The van der Waals surface area contributed by atoms with Crippen LogP contribution in [0.4, 0.5) is 0 Å². The molecule has 0 aromatic carbocycles. The number of aliphatic hydroxyl groups is 1. The molecule has 1 saturated carbocycles. The third-order valence-corrected chi connectivity index (χ3v) is 4.67. The van der Waals surface area contributed by atoms with Crippen molar-refractivity contribution in [3.63, 3.8) is 0 Å². The van der Waals surface area contributed by atoms with E-state index in [1.165, 1.54) is 35.4 Å². The summed E-state index contributed by atoms with van der Waals surface area (Å²) in [6, 6.07) is 4.38. The first-order chi connectivity index (χ1) is 7.29. The van der Waals surface area contributed by atoms with E-state index in [-0.39, 0.29) is 6.10 Å². The van der Waals surface area contributed by atoms with Crippen molar-refractivity contribution in [2.24, 2.45) is 5.92 Å². The lowest BCUT2D eigenvalue weighted by Gasteiger charge is -2.16. The Labute approximate surface area is 96.1 Å². The van der Waals surface area contributed by atoms with Gasteiger partial charge in [-0.15, -0.1) is 11.3 Å². The normalized spacial score (nSPS) is 19.6. The molecule has 2 rings (SSSR count). The number of aryl methyl sites for hydroxylation is 1. The topological polar surface area (TPSA) is 20.2 Å². The largest absolute Gasteiger partial charge is 0.392 e. The molecular weight excluding hydrogens is 204 g/mol. The summed E-state index contributed by atoms with van der Waals surface area (Å²) in [5.74, 6) is 0.567. The molecule has 1 aliphatic rings. The van der Waals surface area contributed by atoms with Crippen LogP contribution >= 0.6 is 11.3 Å². The van der Waals surface area contributed by atoms with Crippen LogP contribution in [0, 0.1) is 5.92 Å². The molecule has 1 atom stereocenters. The van der Waals surface area contributed by atoms with Crippen molar-refractivity contribution >= 4 is 11.3 Å². The first-order valence-corrected chi connectivity index (χ1v) is 6.87. The van der Waals surface area contributed by atoms with Gasteiger partial charge >= 0.3 is 0 Å². The number of thiophene rings is 1. The second-order valence-corrected chi connectivity index (χ2v) is 5.79. The van der Waals surface area contributed by atoms with E-state index in [0.717, 1.165) is 12.8 Å². The van der Waals surface area contributed by atoms with Crippen LogP contribution in [0.3, 0.4) is 0 Å². The van der Waals surface area contributed by atoms with Gasteiger partial charge in [-0.3, -0.25) is 0 Å². The van der Waals surface area contributed by atoms with Crippen LogP contribution in [0.5, 0.6) is 0 Å². The van der Waals surface area contributed by atoms with E-state index in [1.54, 1.807) is 0 Å². The van der Waals surface area contributed by atoms with E-state index in [0.29, 0.717) is 5.92 Å². The molecule has 1 N–H and O–H groups in total. The van der Waals surface area contributed by atoms with Gasteiger partial charge in [-0.1, -0.05) is 19.8 Å². The highest BCUT2D eigenvalue weighted by molar-refractivity contribution is 7.11. The van der Waals surface area contributed by atoms with E-state index >= 15 is 0 Å². The van der Waals surface area contributed by atoms with E-state index in [4.69, 9.17) is 0 Å². The summed E-state index contributed by atoms with van der Waals surface area (Å²) in [5.41, 5.74) is 0. The van der Waals surface area contributed by atoms with E-state index in [9.17, 15) is 5.11 Å². The number of aliphatic hydroxyl groups excluding tert-OH is 1. The van der Waals surface area contributed by atoms with Crippen LogP contribution < -0.4 is 0 Å². The van der Waals surface area contributed by atoms with Crippen molar-refractivity contribution < 1.29 is 5.11 Å². The molecule has 1 unspecified atom stereocenters. The minimum Gasteiger partial charge on any atom is -0.392 e. The van der Waals surface area contributed by atoms with Gasteiger partial charge in [0.2, 0.25) is 0 Å². The van der Waals surface area contributed by atoms with Crippen molar-refractivity contribution in [3.8, 4) is 0 Å². The zero-order valence-corrected chi connectivity index (χ0v) is 10.2. The van der Waals surface area contributed by atoms with Gasteiger partial charge in [-0.25, -0.2) is 0 Å². The molecular formula is C13H20OS. The average Bonchev–Trinajstić information content (AvgIpc) is 2.87. The highest BCUT2D eigenvalue weighted by Gasteiger charge is 2.23. The van der Waals surface area contributed by atoms with Crippen LogP contribution in [0.1, 0.15) is 42.4 Å². The van der Waals surface area contributed by atoms with Crippen LogP contribution in [-0.2, 0) is 12.8 Å². The molecule has 1 aromatic rings. The van der Waals surface area contributed by atoms with Crippen molar-refractivity contribution in [3.05, 3.63) is 21.9 Å². The second-order valence-electron chi connectivity index (χ2n) is 4.54. The minimum atomic E-state index is -0.101. The summed E-state index contributed by atoms with van der Waals surface area (Å²) in [4.78, 5) is 2.79. The summed E-state index contributed by atoms with van der Waals surface area (Å²) < 4.78 is 0. The molecule has 0 radical (unpaired) electrons. The highest BCUT2D eigenvalue weighted by atomic mass is 32.1. The molecule has 2 heteroatoms. The third kappa shape index (κ3) is 2.82. The number of hydrogen-bond donors (Lipinski definition) is 1. The first-order valence-electron chi connectivity index (χ1n) is 6.05. The van der Waals surface area contributed by atoms with Crippen LogP contribution in [0.2, 0.25) is 0 Å². The molecule has 1 nitrogen and oxygen atoms in total. The smallest absolute Gasteiger partial charge is 0.0616 e. The van der Waals surface area contributed by atoms with Gasteiger partial charge in [-0.05, 0) is 37.3 Å². The molecule has 0 amide bonds. The Bertz CT molecular complexity index is 299. The van der Waals surface area contributed by atoms with Gasteiger partial charge in [0.05, 0.1) is 6.10 Å². The third-order valence-electron chi connectivity index (χ3n) is 3.42. The zero-order chi connectivity index (χ0) is 10.7.